The van der Waals surface area contributed by atoms with Crippen molar-refractivity contribution < 1.29 is 14.6 Å². The Morgan fingerprint density at radius 1 is 0.619 bits per heavy atom. The molecular formula is C37H46N2O3. The van der Waals surface area contributed by atoms with Crippen molar-refractivity contribution in [2.75, 3.05) is 7.11 Å². The van der Waals surface area contributed by atoms with Gasteiger partial charge in [-0.05, 0) is 49.9 Å². The number of hydrogen-bond acceptors (Lipinski definition) is 5. The van der Waals surface area contributed by atoms with Gasteiger partial charge in [0.05, 0.1) is 12.7 Å². The lowest BCUT2D eigenvalue weighted by atomic mass is 9.97. The Hall–Kier alpha value is -3.77. The zero-order chi connectivity index (χ0) is 30.4. The molecule has 0 aliphatic rings. The number of hydrogen-bond donors (Lipinski definition) is 1. The molecule has 4 aromatic carbocycles. The molecule has 0 heterocycles. The molecule has 222 valence electrons. The van der Waals surface area contributed by atoms with E-state index in [0.29, 0.717) is 13.1 Å². The maximum absolute atomic E-state index is 11.9. The molecule has 0 spiro atoms. The van der Waals surface area contributed by atoms with Crippen LogP contribution in [0.25, 0.3) is 0 Å². The normalized spacial score (nSPS) is 12.8. The molecule has 2 atom stereocenters. The number of carbonyl (C=O) groups excluding carboxylic acids is 1. The van der Waals surface area contributed by atoms with Crippen LogP contribution in [0.4, 0.5) is 0 Å². The summed E-state index contributed by atoms with van der Waals surface area (Å²) in [7, 11) is 1.43. The number of rotatable bonds is 12. The second-order valence-electron chi connectivity index (χ2n) is 11.3. The zero-order valence-corrected chi connectivity index (χ0v) is 25.7. The van der Waals surface area contributed by atoms with Gasteiger partial charge in [0, 0.05) is 32.2 Å². The Morgan fingerprint density at radius 2 is 0.905 bits per heavy atom. The van der Waals surface area contributed by atoms with Crippen LogP contribution in [-0.2, 0) is 35.7 Å². The Balaban J connectivity index is 0.000000230. The summed E-state index contributed by atoms with van der Waals surface area (Å²) < 4.78 is 4.89. The van der Waals surface area contributed by atoms with E-state index in [4.69, 9.17) is 4.74 Å². The smallest absolute Gasteiger partial charge is 0.322 e. The Labute approximate surface area is 252 Å². The van der Waals surface area contributed by atoms with Crippen LogP contribution in [0.3, 0.4) is 0 Å². The molecule has 0 unspecified atom stereocenters. The molecule has 0 amide bonds. The van der Waals surface area contributed by atoms with Gasteiger partial charge >= 0.3 is 5.97 Å². The van der Waals surface area contributed by atoms with Crippen LogP contribution in [0.5, 0.6) is 0 Å². The lowest BCUT2D eigenvalue weighted by Gasteiger charge is -2.37. The summed E-state index contributed by atoms with van der Waals surface area (Å²) in [5, 5.41) is 10.4. The molecule has 0 aromatic heterocycles. The second kappa shape index (κ2) is 16.6. The van der Waals surface area contributed by atoms with Crippen LogP contribution in [0, 0.1) is 0 Å². The molecule has 0 radical (unpaired) electrons. The highest BCUT2D eigenvalue weighted by molar-refractivity contribution is 5.75. The molecule has 0 fully saturated rings. The predicted molar refractivity (Wildman–Crippen MR) is 171 cm³/mol. The van der Waals surface area contributed by atoms with Crippen LogP contribution in [0.1, 0.15) is 49.9 Å². The van der Waals surface area contributed by atoms with E-state index >= 15 is 0 Å². The van der Waals surface area contributed by atoms with Gasteiger partial charge in [0.2, 0.25) is 0 Å². The Morgan fingerprint density at radius 3 is 1.17 bits per heavy atom. The van der Waals surface area contributed by atoms with E-state index in [1.807, 2.05) is 69.3 Å². The quantitative estimate of drug-likeness (QED) is 0.185. The monoisotopic (exact) mass is 566 g/mol. The van der Waals surface area contributed by atoms with Crippen LogP contribution < -0.4 is 0 Å². The largest absolute Gasteiger partial charge is 0.468 e. The number of esters is 1. The molecule has 42 heavy (non-hydrogen) atoms. The highest BCUT2D eigenvalue weighted by atomic mass is 16.5. The maximum Gasteiger partial charge on any atom is 0.322 e. The van der Waals surface area contributed by atoms with Crippen molar-refractivity contribution in [3.8, 4) is 0 Å². The van der Waals surface area contributed by atoms with E-state index in [0.717, 1.165) is 13.1 Å². The van der Waals surface area contributed by atoms with E-state index in [1.54, 1.807) is 0 Å². The van der Waals surface area contributed by atoms with Crippen molar-refractivity contribution in [3.63, 3.8) is 0 Å². The van der Waals surface area contributed by atoms with Crippen LogP contribution in [0.15, 0.2) is 121 Å². The molecule has 0 bridgehead atoms. The topological polar surface area (TPSA) is 53.0 Å². The highest BCUT2D eigenvalue weighted by Crippen LogP contribution is 2.21. The zero-order valence-electron chi connectivity index (χ0n) is 25.7. The fourth-order valence-corrected chi connectivity index (χ4v) is 4.70. The summed E-state index contributed by atoms with van der Waals surface area (Å²) in [6.07, 6.45) is 0. The number of ether oxygens (including phenoxy) is 1. The summed E-state index contributed by atoms with van der Waals surface area (Å²) in [6, 6.07) is 41.0. The molecule has 1 N–H and O–H groups in total. The minimum atomic E-state index is -0.733. The molecule has 4 aromatic rings. The third-order valence-corrected chi connectivity index (χ3v) is 7.57. The summed E-state index contributed by atoms with van der Waals surface area (Å²) in [5.74, 6) is -0.207. The first-order valence-electron chi connectivity index (χ1n) is 14.6. The number of methoxy groups -OCH3 is 1. The van der Waals surface area contributed by atoms with Gasteiger partial charge < -0.3 is 9.84 Å². The standard InChI is InChI=1S/C19H25NO.C18H21NO2/c1-16(19(2,3)21)20(14-17-10-6-4-7-11-17)15-18-12-8-5-9-13-18;1-15(18(20)21-2)19(13-16-9-5-3-6-10-16)14-17-11-7-4-8-12-17/h4-13,16,21H,14-15H2,1-3H3;3-12,15H,13-14H2,1-2H3/t16-;15-/m00/s1. The lowest BCUT2D eigenvalue weighted by molar-refractivity contribution is -0.146. The Kier molecular flexibility index (Phi) is 13.0. The van der Waals surface area contributed by atoms with E-state index in [-0.39, 0.29) is 18.1 Å². The number of nitrogens with zero attached hydrogens (tertiary/aromatic N) is 2. The molecular weight excluding hydrogens is 520 g/mol. The Bertz CT molecular complexity index is 1210. The first-order valence-corrected chi connectivity index (χ1v) is 14.6. The van der Waals surface area contributed by atoms with Gasteiger partial charge in [-0.1, -0.05) is 121 Å². The number of benzene rings is 4. The van der Waals surface area contributed by atoms with Crippen LogP contribution >= 0.6 is 0 Å². The maximum atomic E-state index is 11.9. The first-order chi connectivity index (χ1) is 20.2. The third kappa shape index (κ3) is 10.9. The molecule has 5 nitrogen and oxygen atoms in total. The van der Waals surface area contributed by atoms with Gasteiger partial charge in [0.25, 0.3) is 0 Å². The third-order valence-electron chi connectivity index (χ3n) is 7.57. The van der Waals surface area contributed by atoms with E-state index in [1.165, 1.54) is 29.4 Å². The van der Waals surface area contributed by atoms with Crippen LogP contribution in [0.2, 0.25) is 0 Å². The van der Waals surface area contributed by atoms with E-state index < -0.39 is 5.60 Å². The van der Waals surface area contributed by atoms with Gasteiger partial charge in [-0.3, -0.25) is 14.6 Å². The summed E-state index contributed by atoms with van der Waals surface area (Å²) in [4.78, 5) is 16.3. The minimum Gasteiger partial charge on any atom is -0.468 e. The van der Waals surface area contributed by atoms with Gasteiger partial charge in [-0.25, -0.2) is 0 Å². The summed E-state index contributed by atoms with van der Waals surface area (Å²) in [5.41, 5.74) is 4.17. The number of carbonyl (C=O) groups is 1. The first kappa shape index (κ1) is 32.7. The van der Waals surface area contributed by atoms with Crippen molar-refractivity contribution in [2.45, 2.75) is 71.6 Å². The number of aliphatic hydroxyl groups is 1. The van der Waals surface area contributed by atoms with Crippen molar-refractivity contribution in [1.82, 2.24) is 9.80 Å². The predicted octanol–water partition coefficient (Wildman–Crippen LogP) is 7.10. The van der Waals surface area contributed by atoms with Gasteiger partial charge in [-0.2, -0.15) is 0 Å². The molecule has 0 aliphatic heterocycles. The van der Waals surface area contributed by atoms with Gasteiger partial charge in [-0.15, -0.1) is 0 Å². The lowest BCUT2D eigenvalue weighted by Crippen LogP contribution is -2.46. The van der Waals surface area contributed by atoms with Crippen molar-refractivity contribution in [3.05, 3.63) is 144 Å². The molecule has 0 aliphatic carbocycles. The van der Waals surface area contributed by atoms with Crippen molar-refractivity contribution >= 4 is 5.97 Å². The van der Waals surface area contributed by atoms with Crippen LogP contribution in [-0.4, -0.2) is 45.7 Å². The fraction of sp³-hybridized carbons (Fsp3) is 0.324. The van der Waals surface area contributed by atoms with Crippen molar-refractivity contribution in [2.24, 2.45) is 0 Å². The average molecular weight is 567 g/mol. The van der Waals surface area contributed by atoms with E-state index in [2.05, 4.69) is 89.5 Å². The van der Waals surface area contributed by atoms with E-state index in [9.17, 15) is 9.90 Å². The SMILES string of the molecule is COC(=O)[C@H](C)N(Cc1ccccc1)Cc1ccccc1.C[C@H](N(Cc1ccccc1)Cc1ccccc1)C(C)(C)O. The highest BCUT2D eigenvalue weighted by Gasteiger charge is 2.28. The average Bonchev–Trinajstić information content (AvgIpc) is 3.01. The molecule has 0 saturated carbocycles. The van der Waals surface area contributed by atoms with Gasteiger partial charge in [0.1, 0.15) is 6.04 Å². The minimum absolute atomic E-state index is 0.0675. The molecule has 4 rings (SSSR count). The molecule has 5 heteroatoms. The fourth-order valence-electron chi connectivity index (χ4n) is 4.70. The van der Waals surface area contributed by atoms with Crippen molar-refractivity contribution in [1.29, 1.82) is 0 Å². The van der Waals surface area contributed by atoms with Gasteiger partial charge in [0.15, 0.2) is 0 Å². The summed E-state index contributed by atoms with van der Waals surface area (Å²) >= 11 is 0. The second-order valence-corrected chi connectivity index (χ2v) is 11.3. The molecule has 0 saturated heterocycles. The summed E-state index contributed by atoms with van der Waals surface area (Å²) in [6.45, 7) is 10.8.